The summed E-state index contributed by atoms with van der Waals surface area (Å²) >= 11 is 5.73. The van der Waals surface area contributed by atoms with E-state index in [1.807, 2.05) is 0 Å². The van der Waals surface area contributed by atoms with Crippen molar-refractivity contribution in [3.05, 3.63) is 41.4 Å². The molecule has 4 heteroatoms. The Labute approximate surface area is 79.4 Å². The van der Waals surface area contributed by atoms with Crippen LogP contribution in [0, 0.1) is 5.82 Å². The predicted octanol–water partition coefficient (Wildman–Crippen LogP) is 2.87. The molecule has 1 aromatic carbocycles. The first kappa shape index (κ1) is 8.26. The van der Waals surface area contributed by atoms with Crippen LogP contribution in [0.5, 0.6) is 0 Å². The van der Waals surface area contributed by atoms with Crippen molar-refractivity contribution in [1.82, 2.24) is 9.97 Å². The number of H-pyrrole nitrogens is 1. The first-order chi connectivity index (χ1) is 6.27. The highest BCUT2D eigenvalue weighted by Crippen LogP contribution is 2.22. The third-order valence-electron chi connectivity index (χ3n) is 1.68. The molecule has 1 N–H and O–H groups in total. The molecule has 0 spiro atoms. The van der Waals surface area contributed by atoms with Crippen LogP contribution in [0.1, 0.15) is 0 Å². The fraction of sp³-hybridized carbons (Fsp3) is 0. The summed E-state index contributed by atoms with van der Waals surface area (Å²) in [7, 11) is 0. The minimum atomic E-state index is -0.334. The van der Waals surface area contributed by atoms with Crippen LogP contribution < -0.4 is 0 Å². The highest BCUT2D eigenvalue weighted by atomic mass is 35.5. The van der Waals surface area contributed by atoms with Crippen LogP contribution in [-0.4, -0.2) is 9.97 Å². The topological polar surface area (TPSA) is 28.7 Å². The van der Waals surface area contributed by atoms with E-state index in [0.717, 1.165) is 0 Å². The molecule has 0 unspecified atom stereocenters. The number of halogens is 2. The van der Waals surface area contributed by atoms with Gasteiger partial charge in [0.2, 0.25) is 0 Å². The minimum absolute atomic E-state index is 0.334. The summed E-state index contributed by atoms with van der Waals surface area (Å²) in [6, 6.07) is 4.36. The van der Waals surface area contributed by atoms with Gasteiger partial charge in [-0.2, -0.15) is 0 Å². The maximum atomic E-state index is 13.2. The summed E-state index contributed by atoms with van der Waals surface area (Å²) in [5, 5.41) is 0.493. The molecule has 13 heavy (non-hydrogen) atoms. The quantitative estimate of drug-likeness (QED) is 0.747. The van der Waals surface area contributed by atoms with Crippen molar-refractivity contribution in [2.75, 3.05) is 0 Å². The Kier molecular flexibility index (Phi) is 2.02. The van der Waals surface area contributed by atoms with Crippen LogP contribution in [0.25, 0.3) is 11.4 Å². The van der Waals surface area contributed by atoms with Crippen LogP contribution >= 0.6 is 11.6 Å². The van der Waals surface area contributed by atoms with E-state index in [1.54, 1.807) is 12.4 Å². The average Bonchev–Trinajstić information content (AvgIpc) is 2.61. The number of hydrogen-bond donors (Lipinski definition) is 1. The maximum Gasteiger partial charge on any atom is 0.140 e. The lowest BCUT2D eigenvalue weighted by atomic mass is 10.2. The van der Waals surface area contributed by atoms with E-state index >= 15 is 0 Å². The summed E-state index contributed by atoms with van der Waals surface area (Å²) in [4.78, 5) is 6.75. The molecule has 0 saturated heterocycles. The van der Waals surface area contributed by atoms with Gasteiger partial charge in [0.15, 0.2) is 0 Å². The summed E-state index contributed by atoms with van der Waals surface area (Å²) in [6.45, 7) is 0. The molecule has 1 heterocycles. The largest absolute Gasteiger partial charge is 0.345 e. The Hall–Kier alpha value is -1.35. The number of benzene rings is 1. The fourth-order valence-electron chi connectivity index (χ4n) is 1.09. The molecule has 2 rings (SSSR count). The van der Waals surface area contributed by atoms with Crippen molar-refractivity contribution in [3.8, 4) is 11.4 Å². The van der Waals surface area contributed by atoms with Gasteiger partial charge in [-0.05, 0) is 18.2 Å². The van der Waals surface area contributed by atoms with Crippen molar-refractivity contribution in [2.24, 2.45) is 0 Å². The zero-order valence-electron chi connectivity index (χ0n) is 6.59. The summed E-state index contributed by atoms with van der Waals surface area (Å²) < 4.78 is 13.2. The number of nitrogens with zero attached hydrogens (tertiary/aromatic N) is 1. The highest BCUT2D eigenvalue weighted by molar-refractivity contribution is 6.30. The van der Waals surface area contributed by atoms with Gasteiger partial charge in [0, 0.05) is 17.4 Å². The second-order valence-electron chi connectivity index (χ2n) is 2.56. The second kappa shape index (κ2) is 3.18. The maximum absolute atomic E-state index is 13.2. The van der Waals surface area contributed by atoms with Gasteiger partial charge >= 0.3 is 0 Å². The molecule has 0 radical (unpaired) electrons. The Balaban J connectivity index is 2.57. The van der Waals surface area contributed by atoms with Crippen molar-refractivity contribution in [3.63, 3.8) is 0 Å². The van der Waals surface area contributed by atoms with Crippen molar-refractivity contribution in [2.45, 2.75) is 0 Å². The van der Waals surface area contributed by atoms with Crippen molar-refractivity contribution < 1.29 is 4.39 Å². The third kappa shape index (κ3) is 1.55. The first-order valence-electron chi connectivity index (χ1n) is 3.72. The zero-order valence-corrected chi connectivity index (χ0v) is 7.35. The molecular formula is C9H6ClFN2. The number of imidazole rings is 1. The Morgan fingerprint density at radius 3 is 2.92 bits per heavy atom. The van der Waals surface area contributed by atoms with E-state index < -0.39 is 0 Å². The highest BCUT2D eigenvalue weighted by Gasteiger charge is 2.06. The van der Waals surface area contributed by atoms with E-state index in [1.165, 1.54) is 18.2 Å². The number of hydrogen-bond acceptors (Lipinski definition) is 1. The molecule has 0 atom stereocenters. The molecule has 0 bridgehead atoms. The van der Waals surface area contributed by atoms with Crippen LogP contribution in [0.2, 0.25) is 5.02 Å². The first-order valence-corrected chi connectivity index (χ1v) is 4.10. The second-order valence-corrected chi connectivity index (χ2v) is 3.00. The number of rotatable bonds is 1. The third-order valence-corrected chi connectivity index (χ3v) is 1.92. The standard InChI is InChI=1S/C9H6ClFN2/c10-6-1-2-8(11)7(5-6)9-12-3-4-13-9/h1-5H,(H,12,13). The van der Waals surface area contributed by atoms with E-state index in [2.05, 4.69) is 9.97 Å². The van der Waals surface area contributed by atoms with Crippen LogP contribution in [0.3, 0.4) is 0 Å². The molecule has 0 aliphatic carbocycles. The number of nitrogens with one attached hydrogen (secondary N) is 1. The molecule has 0 aliphatic heterocycles. The van der Waals surface area contributed by atoms with E-state index in [-0.39, 0.29) is 5.82 Å². The number of aromatic nitrogens is 2. The van der Waals surface area contributed by atoms with Gasteiger partial charge in [0.1, 0.15) is 11.6 Å². The lowest BCUT2D eigenvalue weighted by Gasteiger charge is -1.99. The lowest BCUT2D eigenvalue weighted by Crippen LogP contribution is -1.85. The van der Waals surface area contributed by atoms with Gasteiger partial charge in [-0.15, -0.1) is 0 Å². The van der Waals surface area contributed by atoms with E-state index in [4.69, 9.17) is 11.6 Å². The number of aromatic amines is 1. The molecule has 2 aromatic rings. The Morgan fingerprint density at radius 1 is 1.38 bits per heavy atom. The van der Waals surface area contributed by atoms with Crippen molar-refractivity contribution in [1.29, 1.82) is 0 Å². The van der Waals surface area contributed by atoms with E-state index in [0.29, 0.717) is 16.4 Å². The molecule has 0 aliphatic rings. The van der Waals surface area contributed by atoms with Gasteiger partial charge in [0.25, 0.3) is 0 Å². The molecule has 2 nitrogen and oxygen atoms in total. The zero-order chi connectivity index (χ0) is 9.26. The van der Waals surface area contributed by atoms with Crippen molar-refractivity contribution >= 4 is 11.6 Å². The average molecular weight is 197 g/mol. The molecule has 0 amide bonds. The molecule has 0 fully saturated rings. The minimum Gasteiger partial charge on any atom is -0.345 e. The molecule has 66 valence electrons. The molecular weight excluding hydrogens is 191 g/mol. The van der Waals surface area contributed by atoms with Gasteiger partial charge in [-0.25, -0.2) is 9.37 Å². The molecule has 0 saturated carbocycles. The Morgan fingerprint density at radius 2 is 2.23 bits per heavy atom. The van der Waals surface area contributed by atoms with Crippen LogP contribution in [0.15, 0.2) is 30.6 Å². The van der Waals surface area contributed by atoms with Crippen LogP contribution in [-0.2, 0) is 0 Å². The lowest BCUT2D eigenvalue weighted by molar-refractivity contribution is 0.630. The SMILES string of the molecule is Fc1ccc(Cl)cc1-c1ncc[nH]1. The summed E-state index contributed by atoms with van der Waals surface area (Å²) in [5.74, 6) is 0.152. The monoisotopic (exact) mass is 196 g/mol. The fourth-order valence-corrected chi connectivity index (χ4v) is 1.26. The van der Waals surface area contributed by atoms with Gasteiger partial charge in [0.05, 0.1) is 5.56 Å². The van der Waals surface area contributed by atoms with Gasteiger partial charge in [-0.1, -0.05) is 11.6 Å². The summed E-state index contributed by atoms with van der Waals surface area (Å²) in [6.07, 6.45) is 3.20. The summed E-state index contributed by atoms with van der Waals surface area (Å²) in [5.41, 5.74) is 0.387. The molecule has 1 aromatic heterocycles. The van der Waals surface area contributed by atoms with Gasteiger partial charge < -0.3 is 4.98 Å². The van der Waals surface area contributed by atoms with Gasteiger partial charge in [-0.3, -0.25) is 0 Å². The van der Waals surface area contributed by atoms with Crippen LogP contribution in [0.4, 0.5) is 4.39 Å². The van der Waals surface area contributed by atoms with E-state index in [9.17, 15) is 4.39 Å². The smallest absolute Gasteiger partial charge is 0.140 e. The predicted molar refractivity (Wildman–Crippen MR) is 49.0 cm³/mol. The normalized spacial score (nSPS) is 10.3. The Bertz CT molecular complexity index is 412.